The number of nitrogens with one attached hydrogen (secondary N) is 2. The second-order valence-electron chi connectivity index (χ2n) is 8.86. The molecule has 1 unspecified atom stereocenters. The van der Waals surface area contributed by atoms with Crippen molar-refractivity contribution in [3.05, 3.63) is 108 Å². The summed E-state index contributed by atoms with van der Waals surface area (Å²) in [6, 6.07) is 28.5. The maximum atomic E-state index is 13.8. The molecule has 1 aliphatic rings. The van der Waals surface area contributed by atoms with Gasteiger partial charge in [0.05, 0.1) is 6.04 Å². The van der Waals surface area contributed by atoms with Crippen molar-refractivity contribution in [2.45, 2.75) is 37.1 Å². The number of amides is 2. The molecule has 0 bridgehead atoms. The summed E-state index contributed by atoms with van der Waals surface area (Å²) in [5.74, 6) is -0.243. The van der Waals surface area contributed by atoms with Crippen LogP contribution in [0.25, 0.3) is 0 Å². The highest BCUT2D eigenvalue weighted by Gasteiger charge is 2.52. The number of hydrogen-bond donors (Lipinski definition) is 4. The highest BCUT2D eigenvalue weighted by Crippen LogP contribution is 2.36. The maximum absolute atomic E-state index is 13.8. The Labute approximate surface area is 206 Å². The quantitative estimate of drug-likeness (QED) is 0.338. The van der Waals surface area contributed by atoms with Crippen LogP contribution in [0.15, 0.2) is 91.0 Å². The molecule has 1 saturated heterocycles. The molecule has 3 aromatic rings. The highest BCUT2D eigenvalue weighted by molar-refractivity contribution is 5.93. The predicted molar refractivity (Wildman–Crippen MR) is 137 cm³/mol. The summed E-state index contributed by atoms with van der Waals surface area (Å²) >= 11 is 0. The summed E-state index contributed by atoms with van der Waals surface area (Å²) in [4.78, 5) is 27.8. The number of nitrogens with two attached hydrogens (primary N) is 2. The molecular weight excluding hydrogens is 438 g/mol. The Balaban J connectivity index is 1.33. The van der Waals surface area contributed by atoms with Gasteiger partial charge in [0.1, 0.15) is 6.29 Å². The summed E-state index contributed by atoms with van der Waals surface area (Å²) in [6.07, 6.45) is 1.30. The van der Waals surface area contributed by atoms with Crippen molar-refractivity contribution in [2.24, 2.45) is 11.5 Å². The monoisotopic (exact) mass is 471 g/mol. The molecule has 35 heavy (non-hydrogen) atoms. The third kappa shape index (κ3) is 5.43. The normalized spacial score (nSPS) is 17.8. The lowest BCUT2D eigenvalue weighted by atomic mass is 9.82. The SMILES string of the molecule is NC1NC(c2ccccc2)(c2ccccc2)C(=O)N1CCCCNC(=O)[C@@H](N)Cc1ccccc1. The molecular formula is C28H33N5O2. The Kier molecular flexibility index (Phi) is 7.92. The predicted octanol–water partition coefficient (Wildman–Crippen LogP) is 2.07. The van der Waals surface area contributed by atoms with Crippen molar-refractivity contribution in [3.8, 4) is 0 Å². The van der Waals surface area contributed by atoms with E-state index >= 15 is 0 Å². The van der Waals surface area contributed by atoms with Crippen LogP contribution in [0.2, 0.25) is 0 Å². The fourth-order valence-corrected chi connectivity index (χ4v) is 4.61. The molecule has 7 nitrogen and oxygen atoms in total. The van der Waals surface area contributed by atoms with Gasteiger partial charge in [-0.1, -0.05) is 91.0 Å². The molecule has 7 heteroatoms. The van der Waals surface area contributed by atoms with E-state index in [2.05, 4.69) is 10.6 Å². The van der Waals surface area contributed by atoms with Gasteiger partial charge in [0, 0.05) is 13.1 Å². The summed E-state index contributed by atoms with van der Waals surface area (Å²) in [7, 11) is 0. The first-order chi connectivity index (χ1) is 17.0. The largest absolute Gasteiger partial charge is 0.355 e. The molecule has 1 fully saturated rings. The van der Waals surface area contributed by atoms with Crippen LogP contribution in [-0.4, -0.2) is 42.1 Å². The second kappa shape index (κ2) is 11.3. The number of carbonyl (C=O) groups excluding carboxylic acids is 2. The molecule has 4 rings (SSSR count). The Hall–Kier alpha value is -3.52. The zero-order valence-electron chi connectivity index (χ0n) is 19.8. The molecule has 0 aromatic heterocycles. The standard InChI is InChI=1S/C28H33N5O2/c29-24(20-21-12-4-1-5-13-21)25(34)31-18-10-11-19-33-26(35)28(32-27(33)30,22-14-6-2-7-15-22)23-16-8-3-9-17-23/h1-9,12-17,24,27,32H,10-11,18-20,29-30H2,(H,31,34)/t24-,27?/m0/s1. The van der Waals surface area contributed by atoms with Crippen LogP contribution < -0.4 is 22.1 Å². The highest BCUT2D eigenvalue weighted by atomic mass is 16.2. The van der Waals surface area contributed by atoms with Gasteiger partial charge in [-0.05, 0) is 36.0 Å². The van der Waals surface area contributed by atoms with Crippen molar-refractivity contribution >= 4 is 11.8 Å². The average Bonchev–Trinajstić information content (AvgIpc) is 3.15. The van der Waals surface area contributed by atoms with Crippen molar-refractivity contribution in [2.75, 3.05) is 13.1 Å². The zero-order valence-corrected chi connectivity index (χ0v) is 19.8. The Bertz CT molecular complexity index is 1070. The van der Waals surface area contributed by atoms with Gasteiger partial charge in [-0.25, -0.2) is 0 Å². The lowest BCUT2D eigenvalue weighted by Gasteiger charge is -2.28. The molecule has 1 aliphatic heterocycles. The second-order valence-corrected chi connectivity index (χ2v) is 8.86. The minimum Gasteiger partial charge on any atom is -0.355 e. The average molecular weight is 472 g/mol. The van der Waals surface area contributed by atoms with Gasteiger partial charge in [0.2, 0.25) is 5.91 Å². The van der Waals surface area contributed by atoms with E-state index in [1.807, 2.05) is 91.0 Å². The van der Waals surface area contributed by atoms with E-state index in [-0.39, 0.29) is 11.8 Å². The molecule has 2 amide bonds. The number of hydrogen-bond acceptors (Lipinski definition) is 5. The molecule has 3 aromatic carbocycles. The summed E-state index contributed by atoms with van der Waals surface area (Å²) in [5, 5.41) is 6.27. The molecule has 2 atom stereocenters. The smallest absolute Gasteiger partial charge is 0.254 e. The fraction of sp³-hybridized carbons (Fsp3) is 0.286. The van der Waals surface area contributed by atoms with Gasteiger partial charge in [-0.3, -0.25) is 20.6 Å². The Morgan fingerprint density at radius 2 is 1.46 bits per heavy atom. The summed E-state index contributed by atoms with van der Waals surface area (Å²) in [5.41, 5.74) is 14.2. The molecule has 0 spiro atoms. The van der Waals surface area contributed by atoms with Crippen LogP contribution in [0.5, 0.6) is 0 Å². The zero-order chi connectivity index (χ0) is 24.7. The van der Waals surface area contributed by atoms with Crippen LogP contribution in [0, 0.1) is 0 Å². The minimum atomic E-state index is -1.03. The topological polar surface area (TPSA) is 113 Å². The Morgan fingerprint density at radius 1 is 0.914 bits per heavy atom. The van der Waals surface area contributed by atoms with Gasteiger partial charge in [-0.15, -0.1) is 0 Å². The van der Waals surface area contributed by atoms with E-state index in [0.717, 1.165) is 16.7 Å². The van der Waals surface area contributed by atoms with Gasteiger partial charge in [0.15, 0.2) is 5.54 Å². The van der Waals surface area contributed by atoms with Crippen LogP contribution >= 0.6 is 0 Å². The van der Waals surface area contributed by atoms with Crippen molar-refractivity contribution in [1.82, 2.24) is 15.5 Å². The van der Waals surface area contributed by atoms with E-state index in [1.165, 1.54) is 0 Å². The van der Waals surface area contributed by atoms with Gasteiger partial charge < -0.3 is 16.0 Å². The molecule has 0 radical (unpaired) electrons. The first kappa shape index (κ1) is 24.6. The maximum Gasteiger partial charge on any atom is 0.254 e. The van der Waals surface area contributed by atoms with Crippen LogP contribution in [-0.2, 0) is 21.5 Å². The number of unbranched alkanes of at least 4 members (excludes halogenated alkanes) is 1. The molecule has 182 valence electrons. The lowest BCUT2D eigenvalue weighted by Crippen LogP contribution is -2.48. The fourth-order valence-electron chi connectivity index (χ4n) is 4.61. The van der Waals surface area contributed by atoms with E-state index < -0.39 is 17.9 Å². The summed E-state index contributed by atoms with van der Waals surface area (Å²) in [6.45, 7) is 0.981. The lowest BCUT2D eigenvalue weighted by molar-refractivity contribution is -0.132. The molecule has 0 saturated carbocycles. The molecule has 1 heterocycles. The third-order valence-electron chi connectivity index (χ3n) is 6.46. The van der Waals surface area contributed by atoms with Gasteiger partial charge >= 0.3 is 0 Å². The van der Waals surface area contributed by atoms with Crippen molar-refractivity contribution < 1.29 is 9.59 Å². The molecule has 6 N–H and O–H groups in total. The van der Waals surface area contributed by atoms with Crippen molar-refractivity contribution in [1.29, 1.82) is 0 Å². The number of rotatable bonds is 10. The van der Waals surface area contributed by atoms with E-state index in [4.69, 9.17) is 11.5 Å². The number of nitrogens with zero attached hydrogens (tertiary/aromatic N) is 1. The number of carbonyl (C=O) groups is 2. The Morgan fingerprint density at radius 3 is 2.03 bits per heavy atom. The summed E-state index contributed by atoms with van der Waals surface area (Å²) < 4.78 is 0. The number of benzene rings is 3. The minimum absolute atomic E-state index is 0.0729. The van der Waals surface area contributed by atoms with Crippen LogP contribution in [0.1, 0.15) is 29.5 Å². The van der Waals surface area contributed by atoms with Crippen LogP contribution in [0.3, 0.4) is 0 Å². The van der Waals surface area contributed by atoms with Gasteiger partial charge in [0.25, 0.3) is 5.91 Å². The van der Waals surface area contributed by atoms with Gasteiger partial charge in [-0.2, -0.15) is 0 Å². The van der Waals surface area contributed by atoms with Crippen molar-refractivity contribution in [3.63, 3.8) is 0 Å². The van der Waals surface area contributed by atoms with E-state index in [9.17, 15) is 9.59 Å². The first-order valence-electron chi connectivity index (χ1n) is 12.0. The third-order valence-corrected chi connectivity index (χ3v) is 6.46. The van der Waals surface area contributed by atoms with E-state index in [0.29, 0.717) is 32.4 Å². The van der Waals surface area contributed by atoms with E-state index in [1.54, 1.807) is 4.90 Å². The molecule has 0 aliphatic carbocycles. The first-order valence-corrected chi connectivity index (χ1v) is 12.0. The van der Waals surface area contributed by atoms with Crippen LogP contribution in [0.4, 0.5) is 0 Å².